The molecule has 174 valence electrons. The molecule has 0 aliphatic carbocycles. The molecule has 2 aromatic heterocycles. The number of aryl methyl sites for hydroxylation is 1. The zero-order valence-corrected chi connectivity index (χ0v) is 20.7. The molecule has 6 nitrogen and oxygen atoms in total. The molecule has 0 saturated heterocycles. The molecule has 1 aliphatic heterocycles. The molecular formula is C27H29N5OS. The lowest BCUT2D eigenvalue weighted by Gasteiger charge is -2.31. The molecule has 7 heteroatoms. The molecule has 0 fully saturated rings. The average molecular weight is 472 g/mol. The minimum Gasteiger partial charge on any atom is -0.336 e. The molecule has 0 saturated carbocycles. The van der Waals surface area contributed by atoms with Crippen LogP contribution < -0.4 is 5.32 Å². The van der Waals surface area contributed by atoms with Crippen molar-refractivity contribution in [3.05, 3.63) is 95.4 Å². The van der Waals surface area contributed by atoms with E-state index in [-0.39, 0.29) is 18.1 Å². The van der Waals surface area contributed by atoms with Gasteiger partial charge in [-0.1, -0.05) is 30.3 Å². The number of benzene rings is 2. The zero-order valence-electron chi connectivity index (χ0n) is 19.9. The Kier molecular flexibility index (Phi) is 5.96. The molecule has 1 N–H and O–H groups in total. The Bertz CT molecular complexity index is 1310. The third-order valence-electron chi connectivity index (χ3n) is 6.19. The van der Waals surface area contributed by atoms with Crippen LogP contribution in [-0.4, -0.2) is 37.6 Å². The van der Waals surface area contributed by atoms with E-state index < -0.39 is 0 Å². The maximum Gasteiger partial charge on any atom is 0.318 e. The van der Waals surface area contributed by atoms with Crippen LogP contribution in [-0.2, 0) is 6.54 Å². The van der Waals surface area contributed by atoms with Crippen molar-refractivity contribution >= 4 is 17.8 Å². The Morgan fingerprint density at radius 1 is 1.06 bits per heavy atom. The minimum absolute atomic E-state index is 0.0367. The maximum absolute atomic E-state index is 13.6. The van der Waals surface area contributed by atoms with Gasteiger partial charge in [0.05, 0.1) is 29.7 Å². The number of carbonyl (C=O) groups is 1. The van der Waals surface area contributed by atoms with Gasteiger partial charge in [-0.25, -0.2) is 9.48 Å². The first-order valence-electron chi connectivity index (χ1n) is 11.5. The van der Waals surface area contributed by atoms with Crippen molar-refractivity contribution in [2.75, 3.05) is 6.26 Å². The van der Waals surface area contributed by atoms with E-state index in [1.807, 2.05) is 54.6 Å². The van der Waals surface area contributed by atoms with Gasteiger partial charge in [0.25, 0.3) is 0 Å². The van der Waals surface area contributed by atoms with Gasteiger partial charge in [-0.3, -0.25) is 0 Å². The lowest BCUT2D eigenvalue weighted by Crippen LogP contribution is -2.44. The second kappa shape index (κ2) is 9.06. The summed E-state index contributed by atoms with van der Waals surface area (Å²) in [4.78, 5) is 16.7. The van der Waals surface area contributed by atoms with Gasteiger partial charge in [0.2, 0.25) is 0 Å². The number of rotatable bonds is 4. The van der Waals surface area contributed by atoms with Crippen LogP contribution >= 0.6 is 11.8 Å². The number of nitrogens with zero attached hydrogens (tertiary/aromatic N) is 4. The smallest absolute Gasteiger partial charge is 0.318 e. The fourth-order valence-corrected chi connectivity index (χ4v) is 5.02. The number of urea groups is 1. The predicted molar refractivity (Wildman–Crippen MR) is 137 cm³/mol. The predicted octanol–water partition coefficient (Wildman–Crippen LogP) is 5.72. The standard InChI is InChI=1S/C27H29N5OS/c1-18(2)28-27(33)31-17-23-19(3)29-32(21-9-6-5-7-10-21)26(23)30-16-8-11-24(30)25(31)20-12-14-22(34-4)15-13-20/h5-16,18,25H,17H2,1-4H3,(H,28,33)/t25-/m0/s1. The number of carbonyl (C=O) groups excluding carboxylic acids is 1. The number of aromatic nitrogens is 3. The molecule has 0 spiro atoms. The first-order valence-corrected chi connectivity index (χ1v) is 12.7. The molecule has 34 heavy (non-hydrogen) atoms. The highest BCUT2D eigenvalue weighted by atomic mass is 32.2. The van der Waals surface area contributed by atoms with Crippen molar-refractivity contribution in [3.8, 4) is 11.5 Å². The highest BCUT2D eigenvalue weighted by Gasteiger charge is 2.36. The first-order chi connectivity index (χ1) is 16.5. The second-order valence-corrected chi connectivity index (χ2v) is 9.73. The SMILES string of the molecule is CSc1ccc([C@H]2c3cccn3-c3c(c(C)nn3-c3ccccc3)CN2C(=O)NC(C)C)cc1. The van der Waals surface area contributed by atoms with Gasteiger partial charge in [0, 0.05) is 22.7 Å². The summed E-state index contributed by atoms with van der Waals surface area (Å²) in [5.41, 5.74) is 5.07. The van der Waals surface area contributed by atoms with E-state index in [1.165, 1.54) is 4.90 Å². The monoisotopic (exact) mass is 471 g/mol. The first kappa shape index (κ1) is 22.3. The Labute approximate surface area is 204 Å². The van der Waals surface area contributed by atoms with Gasteiger partial charge in [-0.15, -0.1) is 11.8 Å². The Morgan fingerprint density at radius 3 is 2.47 bits per heavy atom. The maximum atomic E-state index is 13.6. The Morgan fingerprint density at radius 2 is 1.79 bits per heavy atom. The number of amides is 2. The number of hydrogen-bond donors (Lipinski definition) is 1. The summed E-state index contributed by atoms with van der Waals surface area (Å²) in [5, 5.41) is 8.01. The third-order valence-corrected chi connectivity index (χ3v) is 6.93. The van der Waals surface area contributed by atoms with E-state index in [0.717, 1.165) is 34.0 Å². The lowest BCUT2D eigenvalue weighted by atomic mass is 10.0. The van der Waals surface area contributed by atoms with E-state index in [2.05, 4.69) is 64.8 Å². The van der Waals surface area contributed by atoms with Crippen LogP contribution in [0.2, 0.25) is 0 Å². The van der Waals surface area contributed by atoms with Crippen molar-refractivity contribution in [1.29, 1.82) is 0 Å². The fraction of sp³-hybridized carbons (Fsp3) is 0.259. The summed E-state index contributed by atoms with van der Waals surface area (Å²) in [7, 11) is 0. The van der Waals surface area contributed by atoms with Crippen LogP contribution in [0.25, 0.3) is 11.5 Å². The molecule has 2 aromatic carbocycles. The van der Waals surface area contributed by atoms with Crippen molar-refractivity contribution < 1.29 is 4.79 Å². The van der Waals surface area contributed by atoms with Gasteiger partial charge in [-0.05, 0) is 69.0 Å². The molecule has 4 aromatic rings. The molecule has 0 radical (unpaired) electrons. The van der Waals surface area contributed by atoms with E-state index in [4.69, 9.17) is 5.10 Å². The zero-order chi connectivity index (χ0) is 23.8. The largest absolute Gasteiger partial charge is 0.336 e. The van der Waals surface area contributed by atoms with Crippen LogP contribution in [0.5, 0.6) is 0 Å². The second-order valence-electron chi connectivity index (χ2n) is 8.85. The molecule has 1 atom stereocenters. The molecule has 0 unspecified atom stereocenters. The summed E-state index contributed by atoms with van der Waals surface area (Å²) >= 11 is 1.71. The number of thioether (sulfide) groups is 1. The molecular weight excluding hydrogens is 442 g/mol. The van der Waals surface area contributed by atoms with Crippen LogP contribution in [0.15, 0.2) is 77.8 Å². The normalized spacial score (nSPS) is 15.1. The van der Waals surface area contributed by atoms with E-state index in [9.17, 15) is 4.79 Å². The topological polar surface area (TPSA) is 55.1 Å². The van der Waals surface area contributed by atoms with Gasteiger partial charge in [0.1, 0.15) is 5.82 Å². The van der Waals surface area contributed by atoms with Crippen LogP contribution in [0.3, 0.4) is 0 Å². The summed E-state index contributed by atoms with van der Waals surface area (Å²) in [5.74, 6) is 0.981. The number of nitrogens with one attached hydrogen (secondary N) is 1. The molecule has 5 rings (SSSR count). The van der Waals surface area contributed by atoms with Gasteiger partial charge in [-0.2, -0.15) is 5.10 Å². The quantitative estimate of drug-likeness (QED) is 0.388. The summed E-state index contributed by atoms with van der Waals surface area (Å²) < 4.78 is 4.18. The van der Waals surface area contributed by atoms with Crippen molar-refractivity contribution in [1.82, 2.24) is 24.6 Å². The van der Waals surface area contributed by atoms with Crippen molar-refractivity contribution in [2.24, 2.45) is 0 Å². The highest BCUT2D eigenvalue weighted by molar-refractivity contribution is 7.98. The van der Waals surface area contributed by atoms with Gasteiger partial charge >= 0.3 is 6.03 Å². The fourth-order valence-electron chi connectivity index (χ4n) is 4.62. The lowest BCUT2D eigenvalue weighted by molar-refractivity contribution is 0.178. The van der Waals surface area contributed by atoms with Crippen LogP contribution in [0.1, 0.15) is 42.4 Å². The van der Waals surface area contributed by atoms with Crippen LogP contribution in [0.4, 0.5) is 4.79 Å². The summed E-state index contributed by atoms with van der Waals surface area (Å²) in [6.45, 7) is 6.46. The van der Waals surface area contributed by atoms with E-state index in [1.54, 1.807) is 11.8 Å². The number of fused-ring (bicyclic) bond motifs is 3. The Balaban J connectivity index is 1.73. The van der Waals surface area contributed by atoms with Gasteiger partial charge in [0.15, 0.2) is 0 Å². The van der Waals surface area contributed by atoms with Gasteiger partial charge < -0.3 is 14.8 Å². The van der Waals surface area contributed by atoms with E-state index >= 15 is 0 Å². The Hall–Kier alpha value is -3.45. The molecule has 0 bridgehead atoms. The van der Waals surface area contributed by atoms with Crippen molar-refractivity contribution in [3.63, 3.8) is 0 Å². The van der Waals surface area contributed by atoms with Crippen LogP contribution in [0, 0.1) is 6.92 Å². The molecule has 2 amide bonds. The van der Waals surface area contributed by atoms with Crippen molar-refractivity contribution in [2.45, 2.75) is 44.3 Å². The highest BCUT2D eigenvalue weighted by Crippen LogP contribution is 2.38. The minimum atomic E-state index is -0.235. The average Bonchev–Trinajstić information content (AvgIpc) is 3.40. The third kappa shape index (κ3) is 3.90. The summed E-state index contributed by atoms with van der Waals surface area (Å²) in [6, 6.07) is 22.6. The number of hydrogen-bond acceptors (Lipinski definition) is 3. The summed E-state index contributed by atoms with van der Waals surface area (Å²) in [6.07, 6.45) is 4.14. The number of para-hydroxylation sites is 1. The van der Waals surface area contributed by atoms with E-state index in [0.29, 0.717) is 6.54 Å². The molecule has 3 heterocycles. The molecule has 1 aliphatic rings.